The van der Waals surface area contributed by atoms with Gasteiger partial charge in [0.15, 0.2) is 6.61 Å². The lowest BCUT2D eigenvalue weighted by Crippen LogP contribution is -2.22. The number of ether oxygens (including phenoxy) is 1. The molecule has 0 unspecified atom stereocenters. The van der Waals surface area contributed by atoms with Crippen LogP contribution >= 0.6 is 11.3 Å². The van der Waals surface area contributed by atoms with Gasteiger partial charge in [-0.25, -0.2) is 9.78 Å². The highest BCUT2D eigenvalue weighted by atomic mass is 32.1. The third-order valence-electron chi connectivity index (χ3n) is 4.44. The maximum atomic E-state index is 12.5. The van der Waals surface area contributed by atoms with E-state index in [1.165, 1.54) is 24.2 Å². The SMILES string of the molecule is Cc1nc(C2CCCC2)sc1C(=O)NCc1cccc(OCC(=O)O)c1. The highest BCUT2D eigenvalue weighted by Crippen LogP contribution is 2.37. The Labute approximate surface area is 156 Å². The highest BCUT2D eigenvalue weighted by molar-refractivity contribution is 7.13. The standard InChI is InChI=1S/C19H22N2O4S/c1-12-17(26-19(21-12)14-6-2-3-7-14)18(24)20-10-13-5-4-8-15(9-13)25-11-16(22)23/h4-5,8-9,14H,2-3,6-7,10-11H2,1H3,(H,20,24)(H,22,23). The van der Waals surface area contributed by atoms with Crippen LogP contribution in [0.4, 0.5) is 0 Å². The monoisotopic (exact) mass is 374 g/mol. The van der Waals surface area contributed by atoms with Gasteiger partial charge in [0.25, 0.3) is 5.91 Å². The summed E-state index contributed by atoms with van der Waals surface area (Å²) in [6.07, 6.45) is 4.81. The quantitative estimate of drug-likeness (QED) is 0.774. The maximum Gasteiger partial charge on any atom is 0.341 e. The van der Waals surface area contributed by atoms with Crippen LogP contribution in [0.15, 0.2) is 24.3 Å². The minimum absolute atomic E-state index is 0.124. The van der Waals surface area contributed by atoms with Crippen molar-refractivity contribution in [2.45, 2.75) is 45.1 Å². The van der Waals surface area contributed by atoms with Gasteiger partial charge in [0.1, 0.15) is 10.6 Å². The zero-order valence-corrected chi connectivity index (χ0v) is 15.5. The number of aryl methyl sites for hydroxylation is 1. The predicted octanol–water partition coefficient (Wildman–Crippen LogP) is 3.50. The topological polar surface area (TPSA) is 88.5 Å². The molecule has 0 atom stereocenters. The number of thiazole rings is 1. The van der Waals surface area contributed by atoms with Gasteiger partial charge in [-0.15, -0.1) is 11.3 Å². The number of hydrogen-bond acceptors (Lipinski definition) is 5. The number of nitrogens with one attached hydrogen (secondary N) is 1. The molecule has 1 heterocycles. The van der Waals surface area contributed by atoms with Crippen molar-refractivity contribution in [1.82, 2.24) is 10.3 Å². The summed E-state index contributed by atoms with van der Waals surface area (Å²) >= 11 is 1.50. The van der Waals surface area contributed by atoms with Gasteiger partial charge in [-0.3, -0.25) is 4.79 Å². The fourth-order valence-electron chi connectivity index (χ4n) is 3.13. The smallest absolute Gasteiger partial charge is 0.341 e. The molecule has 0 saturated heterocycles. The van der Waals surface area contributed by atoms with Crippen molar-refractivity contribution >= 4 is 23.2 Å². The fraction of sp³-hybridized carbons (Fsp3) is 0.421. The molecule has 1 aliphatic rings. The second-order valence-corrected chi connectivity index (χ2v) is 7.49. The minimum Gasteiger partial charge on any atom is -0.482 e. The number of benzene rings is 1. The first-order valence-corrected chi connectivity index (χ1v) is 9.53. The van der Waals surface area contributed by atoms with Gasteiger partial charge in [0.2, 0.25) is 0 Å². The summed E-state index contributed by atoms with van der Waals surface area (Å²) < 4.78 is 5.16. The number of rotatable bonds is 7. The largest absolute Gasteiger partial charge is 0.482 e. The van der Waals surface area contributed by atoms with Crippen molar-refractivity contribution in [2.75, 3.05) is 6.61 Å². The van der Waals surface area contributed by atoms with Crippen LogP contribution in [0, 0.1) is 6.92 Å². The van der Waals surface area contributed by atoms with E-state index < -0.39 is 5.97 Å². The van der Waals surface area contributed by atoms with Crippen LogP contribution in [-0.4, -0.2) is 28.6 Å². The Kier molecular flexibility index (Phi) is 5.88. The van der Waals surface area contributed by atoms with E-state index in [2.05, 4.69) is 10.3 Å². The number of carbonyl (C=O) groups excluding carboxylic acids is 1. The van der Waals surface area contributed by atoms with Crippen LogP contribution in [0.2, 0.25) is 0 Å². The molecule has 0 spiro atoms. The molecule has 1 aromatic heterocycles. The fourth-order valence-corrected chi connectivity index (χ4v) is 4.28. The van der Waals surface area contributed by atoms with Gasteiger partial charge < -0.3 is 15.2 Å². The van der Waals surface area contributed by atoms with E-state index in [0.29, 0.717) is 23.1 Å². The molecule has 6 nitrogen and oxygen atoms in total. The zero-order valence-electron chi connectivity index (χ0n) is 14.7. The Morgan fingerprint density at radius 2 is 2.12 bits per heavy atom. The summed E-state index contributed by atoms with van der Waals surface area (Å²) in [6.45, 7) is 1.84. The number of aliphatic carboxylic acids is 1. The zero-order chi connectivity index (χ0) is 18.5. The molecule has 1 aliphatic carbocycles. The molecule has 0 bridgehead atoms. The van der Waals surface area contributed by atoms with Crippen molar-refractivity contribution in [3.05, 3.63) is 45.4 Å². The van der Waals surface area contributed by atoms with Crippen LogP contribution in [0.25, 0.3) is 0 Å². The molecule has 1 saturated carbocycles. The van der Waals surface area contributed by atoms with E-state index >= 15 is 0 Å². The molecular formula is C19H22N2O4S. The van der Waals surface area contributed by atoms with Gasteiger partial charge in [0, 0.05) is 12.5 Å². The first-order valence-electron chi connectivity index (χ1n) is 8.72. The van der Waals surface area contributed by atoms with Gasteiger partial charge in [-0.2, -0.15) is 0 Å². The lowest BCUT2D eigenvalue weighted by molar-refractivity contribution is -0.139. The Bertz CT molecular complexity index is 797. The van der Waals surface area contributed by atoms with Crippen molar-refractivity contribution in [3.8, 4) is 5.75 Å². The van der Waals surface area contributed by atoms with Crippen LogP contribution in [0.1, 0.15) is 57.5 Å². The molecule has 2 aromatic rings. The van der Waals surface area contributed by atoms with Gasteiger partial charge in [-0.05, 0) is 37.5 Å². The number of hydrogen-bond donors (Lipinski definition) is 2. The lowest BCUT2D eigenvalue weighted by Gasteiger charge is -2.07. The van der Waals surface area contributed by atoms with E-state index in [1.54, 1.807) is 18.2 Å². The van der Waals surface area contributed by atoms with E-state index in [9.17, 15) is 9.59 Å². The third-order valence-corrected chi connectivity index (χ3v) is 5.76. The van der Waals surface area contributed by atoms with Crippen LogP contribution < -0.4 is 10.1 Å². The van der Waals surface area contributed by atoms with E-state index in [-0.39, 0.29) is 12.5 Å². The second-order valence-electron chi connectivity index (χ2n) is 6.46. The number of carbonyl (C=O) groups is 2. The van der Waals surface area contributed by atoms with Crippen molar-refractivity contribution in [3.63, 3.8) is 0 Å². The Morgan fingerprint density at radius 3 is 2.85 bits per heavy atom. The first kappa shape index (κ1) is 18.4. The average Bonchev–Trinajstić information content (AvgIpc) is 3.28. The van der Waals surface area contributed by atoms with Crippen LogP contribution in [0.3, 0.4) is 0 Å². The van der Waals surface area contributed by atoms with Gasteiger partial charge >= 0.3 is 5.97 Å². The number of aromatic nitrogens is 1. The van der Waals surface area contributed by atoms with E-state index in [1.807, 2.05) is 13.0 Å². The number of carboxylic acid groups (broad SMARTS) is 1. The summed E-state index contributed by atoms with van der Waals surface area (Å²) in [5, 5.41) is 12.7. The van der Waals surface area contributed by atoms with Crippen LogP contribution in [-0.2, 0) is 11.3 Å². The molecule has 0 aliphatic heterocycles. The molecular weight excluding hydrogens is 352 g/mol. The average molecular weight is 374 g/mol. The third kappa shape index (κ3) is 4.60. The predicted molar refractivity (Wildman–Crippen MR) is 98.8 cm³/mol. The number of nitrogens with zero attached hydrogens (tertiary/aromatic N) is 1. The molecule has 1 amide bonds. The summed E-state index contributed by atoms with van der Waals surface area (Å²) in [4.78, 5) is 28.4. The van der Waals surface area contributed by atoms with E-state index in [4.69, 9.17) is 9.84 Å². The van der Waals surface area contributed by atoms with Crippen molar-refractivity contribution in [2.24, 2.45) is 0 Å². The minimum atomic E-state index is -1.03. The molecule has 2 N–H and O–H groups in total. The van der Waals surface area contributed by atoms with Crippen molar-refractivity contribution < 1.29 is 19.4 Å². The number of amides is 1. The molecule has 26 heavy (non-hydrogen) atoms. The Balaban J connectivity index is 1.60. The summed E-state index contributed by atoms with van der Waals surface area (Å²) in [7, 11) is 0. The first-order chi connectivity index (χ1) is 12.5. The molecule has 3 rings (SSSR count). The number of carboxylic acids is 1. The lowest BCUT2D eigenvalue weighted by atomic mass is 10.1. The van der Waals surface area contributed by atoms with Crippen molar-refractivity contribution in [1.29, 1.82) is 0 Å². The van der Waals surface area contributed by atoms with Gasteiger partial charge in [0.05, 0.1) is 10.7 Å². The molecule has 1 aromatic carbocycles. The Morgan fingerprint density at radius 1 is 1.35 bits per heavy atom. The molecule has 0 radical (unpaired) electrons. The molecule has 1 fully saturated rings. The van der Waals surface area contributed by atoms with Gasteiger partial charge in [-0.1, -0.05) is 25.0 Å². The maximum absolute atomic E-state index is 12.5. The molecule has 138 valence electrons. The normalized spacial score (nSPS) is 14.3. The van der Waals surface area contributed by atoms with Crippen LogP contribution in [0.5, 0.6) is 5.75 Å². The summed E-state index contributed by atoms with van der Waals surface area (Å²) in [5.41, 5.74) is 1.63. The summed E-state index contributed by atoms with van der Waals surface area (Å²) in [6, 6.07) is 7.05. The molecule has 7 heteroatoms. The summed E-state index contributed by atoms with van der Waals surface area (Å²) in [5.74, 6) is -0.177. The highest BCUT2D eigenvalue weighted by Gasteiger charge is 2.23. The second kappa shape index (κ2) is 8.31. The van der Waals surface area contributed by atoms with E-state index in [0.717, 1.165) is 29.1 Å². The Hall–Kier alpha value is -2.41.